The van der Waals surface area contributed by atoms with Crippen LogP contribution in [0, 0.1) is 5.92 Å². The zero-order valence-corrected chi connectivity index (χ0v) is 47.1. The number of carbonyl (C=O) groups is 10. The Morgan fingerprint density at radius 3 is 1.80 bits per heavy atom. The average Bonchev–Trinajstić information content (AvgIpc) is 2.01. The van der Waals surface area contributed by atoms with E-state index in [1.165, 1.54) is 14.2 Å². The van der Waals surface area contributed by atoms with Crippen LogP contribution in [-0.2, 0) is 68.5 Å². The first-order chi connectivity index (χ1) is 39.2. The molecule has 0 radical (unpaired) electrons. The van der Waals surface area contributed by atoms with E-state index in [0.717, 1.165) is 5.57 Å². The van der Waals surface area contributed by atoms with Crippen LogP contribution >= 0.6 is 0 Å². The fraction of sp³-hybridized carbons (Fsp3) is 0.615. The minimum absolute atomic E-state index is 0.0265. The number of hydrogen-bond donors (Lipinski definition) is 14. The number of ether oxygens (including phenoxy) is 5. The minimum Gasteiger partial charge on any atom is -0.497 e. The van der Waals surface area contributed by atoms with Gasteiger partial charge in [-0.3, -0.25) is 48.3 Å². The van der Waals surface area contributed by atoms with Crippen molar-refractivity contribution in [2.24, 2.45) is 38.8 Å². The lowest BCUT2D eigenvalue weighted by Crippen LogP contribution is -2.59. The second-order valence-corrected chi connectivity index (χ2v) is 20.6. The van der Waals surface area contributed by atoms with Crippen LogP contribution in [0.4, 0.5) is 4.79 Å². The molecule has 18 N–H and O–H groups in total. The number of allylic oxidation sites excluding steroid dienone is 1. The molecule has 1 spiro atoms. The molecule has 11 atom stereocenters. The number of epoxide rings is 2. The normalized spacial score (nSPS) is 21.9. The summed E-state index contributed by atoms with van der Waals surface area (Å²) in [5.74, 6) is -11.0. The van der Waals surface area contributed by atoms with Crippen molar-refractivity contribution in [1.29, 1.82) is 0 Å². The van der Waals surface area contributed by atoms with Crippen LogP contribution in [0.1, 0.15) is 90.5 Å². The molecule has 0 aromatic heterocycles. The Labute approximate surface area is 478 Å². The summed E-state index contributed by atoms with van der Waals surface area (Å²) < 4.78 is 29.1. The topological polar surface area (TPSA) is 497 Å². The Balaban J connectivity index is 1.44. The van der Waals surface area contributed by atoms with Gasteiger partial charge >= 0.3 is 24.0 Å². The molecule has 1 aliphatic carbocycles. The summed E-state index contributed by atoms with van der Waals surface area (Å²) in [5, 5.41) is 45.2. The number of rotatable bonds is 35. The standard InChI is InChI=1S/C52H79N13O18/c1-27(2)10-16-36-51(3,83-36)42-41(80-5)35(18-19-52(42)26-81-52)82-50(78)60-25-38(67)61-30(8-6-20-57-48(53)54)43(72)59-24-37(66)62-34(23-40(70)71)46(75)65-33(22-28-11-13-29(79-4)14-12-28)45(74)63-31(9-7-21-58-49(55)56)44(73)64-32(47(76)77)15-17-39(68)69/h10-14,30-36,41-42H,6-9,15-26H2,1-5H3,(H,59,72)(H,60,78)(H,61,67)(H,62,66)(H,63,74)(H,64,73)(H,65,75)(H,68,69)(H,70,71)(H,76,77)(H4,53,54,57)(H4,55,56,58)/t30-,31-,32-,33-,34-,35+,36?,41+,42?,51?,52?/m0/s1. The van der Waals surface area contributed by atoms with Crippen LogP contribution < -0.4 is 64.9 Å². The van der Waals surface area contributed by atoms with Gasteiger partial charge in [0.2, 0.25) is 35.4 Å². The maximum absolute atomic E-state index is 14.2. The highest BCUT2D eigenvalue weighted by atomic mass is 16.6. The fourth-order valence-electron chi connectivity index (χ4n) is 9.66. The molecule has 2 aliphatic heterocycles. The van der Waals surface area contributed by atoms with Gasteiger partial charge in [0.15, 0.2) is 11.9 Å². The number of hydrogen-bond acceptors (Lipinski definition) is 17. The second kappa shape index (κ2) is 31.8. The molecule has 31 heteroatoms. The highest BCUT2D eigenvalue weighted by molar-refractivity contribution is 5.97. The number of aliphatic imine (C=N–C) groups is 2. The molecule has 7 amide bonds. The van der Waals surface area contributed by atoms with Crippen molar-refractivity contribution in [3.63, 3.8) is 0 Å². The number of nitrogens with one attached hydrogen (secondary N) is 7. The van der Waals surface area contributed by atoms with E-state index in [-0.39, 0.29) is 69.1 Å². The molecule has 1 aromatic carbocycles. The van der Waals surface area contributed by atoms with Crippen LogP contribution in [0.5, 0.6) is 5.75 Å². The van der Waals surface area contributed by atoms with E-state index < -0.39 is 145 Å². The Bertz CT molecular complexity index is 2570. The number of carboxylic acid groups (broad SMARTS) is 3. The lowest BCUT2D eigenvalue weighted by molar-refractivity contribution is -0.143. The number of aliphatic carboxylic acids is 3. The van der Waals surface area contributed by atoms with Crippen LogP contribution in [0.25, 0.3) is 0 Å². The SMILES string of the molecule is COc1ccc(C[C@H](NC(=O)[C@H](CC(=O)O)NC(=O)CNC(=O)[C@H](CCCN=C(N)N)NC(=O)CNC(=O)O[C@@H]2CCC3(CO3)C(C3(C)OC3CC=C(C)C)[C@@H]2OC)C(=O)N[C@@H](CCCN=C(N)N)C(=O)N[C@@H](CCC(=O)O)C(=O)O)cc1. The zero-order chi connectivity index (χ0) is 61.6. The number of methoxy groups -OCH3 is 2. The van der Waals surface area contributed by atoms with Crippen molar-refractivity contribution < 1.29 is 86.9 Å². The van der Waals surface area contributed by atoms with E-state index in [1.807, 2.05) is 20.8 Å². The largest absolute Gasteiger partial charge is 0.497 e. The van der Waals surface area contributed by atoms with Crippen molar-refractivity contribution >= 4 is 71.4 Å². The predicted molar refractivity (Wildman–Crippen MR) is 294 cm³/mol. The van der Waals surface area contributed by atoms with Gasteiger partial charge in [0, 0.05) is 33.0 Å². The monoisotopic (exact) mass is 1170 g/mol. The molecule has 1 aromatic rings. The van der Waals surface area contributed by atoms with E-state index in [0.29, 0.717) is 37.2 Å². The molecule has 1 saturated carbocycles. The Morgan fingerprint density at radius 1 is 0.723 bits per heavy atom. The minimum atomic E-state index is -1.90. The van der Waals surface area contributed by atoms with E-state index in [1.54, 1.807) is 24.3 Å². The lowest BCUT2D eigenvalue weighted by atomic mass is 9.68. The van der Waals surface area contributed by atoms with Crippen molar-refractivity contribution in [3.05, 3.63) is 41.5 Å². The van der Waals surface area contributed by atoms with E-state index in [4.69, 9.17) is 51.7 Å². The molecule has 4 unspecified atom stereocenters. The van der Waals surface area contributed by atoms with Gasteiger partial charge in [-0.05, 0) is 89.8 Å². The van der Waals surface area contributed by atoms with Gasteiger partial charge in [-0.25, -0.2) is 9.59 Å². The van der Waals surface area contributed by atoms with Crippen molar-refractivity contribution in [1.82, 2.24) is 37.2 Å². The molecule has 3 aliphatic rings. The summed E-state index contributed by atoms with van der Waals surface area (Å²) in [5.41, 5.74) is 22.2. The summed E-state index contributed by atoms with van der Waals surface area (Å²) in [4.78, 5) is 138. The number of carbonyl (C=O) groups excluding carboxylic acids is 7. The molecular weight excluding hydrogens is 1090 g/mol. The second-order valence-electron chi connectivity index (χ2n) is 20.6. The Kier molecular flexibility index (Phi) is 25.7. The summed E-state index contributed by atoms with van der Waals surface area (Å²) in [7, 11) is 2.92. The summed E-state index contributed by atoms with van der Waals surface area (Å²) in [6.45, 7) is 4.96. The highest BCUT2D eigenvalue weighted by Crippen LogP contribution is 2.59. The maximum Gasteiger partial charge on any atom is 0.407 e. The Hall–Kier alpha value is -8.32. The molecule has 460 valence electrons. The fourth-order valence-corrected chi connectivity index (χ4v) is 9.66. The number of alkyl carbamates (subject to hydrolysis) is 1. The molecule has 4 rings (SSSR count). The third-order valence-corrected chi connectivity index (χ3v) is 14.0. The molecule has 2 saturated heterocycles. The predicted octanol–water partition coefficient (Wildman–Crippen LogP) is -2.89. The quantitative estimate of drug-likeness (QED) is 0.0107. The first kappa shape index (κ1) is 67.2. The summed E-state index contributed by atoms with van der Waals surface area (Å²) in [6.07, 6.45) is -1.21. The van der Waals surface area contributed by atoms with Crippen molar-refractivity contribution in [3.8, 4) is 5.75 Å². The van der Waals surface area contributed by atoms with E-state index in [9.17, 15) is 58.2 Å². The third-order valence-electron chi connectivity index (χ3n) is 14.0. The van der Waals surface area contributed by atoms with E-state index in [2.05, 4.69) is 53.3 Å². The molecule has 31 nitrogen and oxygen atoms in total. The Morgan fingerprint density at radius 2 is 1.27 bits per heavy atom. The first-order valence-corrected chi connectivity index (χ1v) is 26.8. The summed E-state index contributed by atoms with van der Waals surface area (Å²) >= 11 is 0. The van der Waals surface area contributed by atoms with Crippen LogP contribution in [0.2, 0.25) is 0 Å². The molecular formula is C52H79N13O18. The smallest absolute Gasteiger partial charge is 0.407 e. The first-order valence-electron chi connectivity index (χ1n) is 26.8. The van der Waals surface area contributed by atoms with Gasteiger partial charge in [0.25, 0.3) is 0 Å². The van der Waals surface area contributed by atoms with Gasteiger partial charge in [0.05, 0.1) is 38.7 Å². The van der Waals surface area contributed by atoms with Crippen LogP contribution in [0.15, 0.2) is 45.9 Å². The molecule has 3 fully saturated rings. The third kappa shape index (κ3) is 21.8. The number of carboxylic acids is 3. The van der Waals surface area contributed by atoms with Crippen LogP contribution in [0.3, 0.4) is 0 Å². The van der Waals surface area contributed by atoms with Gasteiger partial charge in [-0.15, -0.1) is 0 Å². The lowest BCUT2D eigenvalue weighted by Gasteiger charge is -2.42. The number of nitrogens with zero attached hydrogens (tertiary/aromatic N) is 2. The maximum atomic E-state index is 14.2. The van der Waals surface area contributed by atoms with Crippen LogP contribution in [-0.4, -0.2) is 193 Å². The summed E-state index contributed by atoms with van der Waals surface area (Å²) in [6, 6.07) is -1.93. The van der Waals surface area contributed by atoms with Gasteiger partial charge < -0.3 is 99.2 Å². The zero-order valence-electron chi connectivity index (χ0n) is 47.1. The molecule has 2 heterocycles. The van der Waals surface area contributed by atoms with E-state index >= 15 is 0 Å². The molecule has 0 bridgehead atoms. The van der Waals surface area contributed by atoms with Gasteiger partial charge in [-0.1, -0.05) is 23.8 Å². The van der Waals surface area contributed by atoms with Crippen molar-refractivity contribution in [2.75, 3.05) is 47.0 Å². The number of nitrogens with two attached hydrogens (primary N) is 4. The molecule has 83 heavy (non-hydrogen) atoms. The average molecular weight is 1170 g/mol. The van der Waals surface area contributed by atoms with Crippen molar-refractivity contribution in [2.45, 2.75) is 151 Å². The van der Waals surface area contributed by atoms with Gasteiger partial charge in [-0.2, -0.15) is 0 Å². The number of benzene rings is 1. The number of amides is 7. The highest BCUT2D eigenvalue weighted by Gasteiger charge is 2.72. The number of guanidine groups is 2. The van der Waals surface area contributed by atoms with Gasteiger partial charge in [0.1, 0.15) is 65.9 Å².